The molecule has 2 aromatic heterocycles. The Bertz CT molecular complexity index is 687. The van der Waals surface area contributed by atoms with Crippen molar-refractivity contribution in [3.63, 3.8) is 0 Å². The van der Waals surface area contributed by atoms with Gasteiger partial charge in [-0.25, -0.2) is 4.98 Å². The predicted molar refractivity (Wildman–Crippen MR) is 80.6 cm³/mol. The first-order valence-electron chi connectivity index (χ1n) is 6.75. The molecule has 0 spiro atoms. The van der Waals surface area contributed by atoms with Gasteiger partial charge in [0, 0.05) is 18.2 Å². The summed E-state index contributed by atoms with van der Waals surface area (Å²) in [5.74, 6) is 1.79. The summed E-state index contributed by atoms with van der Waals surface area (Å²) in [4.78, 5) is 7.73. The van der Waals surface area contributed by atoms with E-state index in [-0.39, 0.29) is 0 Å². The highest BCUT2D eigenvalue weighted by atomic mass is 16.3. The molecular formula is C15H18N4O. The van der Waals surface area contributed by atoms with Gasteiger partial charge in [-0.1, -0.05) is 0 Å². The number of H-pyrrole nitrogens is 1. The van der Waals surface area contributed by atoms with E-state index in [0.29, 0.717) is 6.04 Å². The third-order valence-corrected chi connectivity index (χ3v) is 3.29. The minimum absolute atomic E-state index is 0.304. The lowest BCUT2D eigenvalue weighted by molar-refractivity contribution is 0.494. The van der Waals surface area contributed by atoms with Crippen LogP contribution in [0.25, 0.3) is 11.0 Å². The van der Waals surface area contributed by atoms with Crippen LogP contribution in [0, 0.1) is 0 Å². The molecule has 4 N–H and O–H groups in total. The van der Waals surface area contributed by atoms with Gasteiger partial charge in [0.05, 0.1) is 17.3 Å². The van der Waals surface area contributed by atoms with Gasteiger partial charge in [0.2, 0.25) is 5.95 Å². The maximum Gasteiger partial charge on any atom is 0.201 e. The fourth-order valence-corrected chi connectivity index (χ4v) is 2.21. The van der Waals surface area contributed by atoms with Crippen molar-refractivity contribution in [1.82, 2.24) is 9.97 Å². The number of rotatable bonds is 5. The topological polar surface area (TPSA) is 79.9 Å². The number of hydrogen-bond donors (Lipinski definition) is 3. The van der Waals surface area contributed by atoms with Crippen molar-refractivity contribution in [3.05, 3.63) is 42.4 Å². The highest BCUT2D eigenvalue weighted by Crippen LogP contribution is 2.18. The van der Waals surface area contributed by atoms with Crippen LogP contribution in [0.1, 0.15) is 19.1 Å². The van der Waals surface area contributed by atoms with E-state index in [1.807, 2.05) is 30.3 Å². The summed E-state index contributed by atoms with van der Waals surface area (Å²) in [6, 6.07) is 9.88. The molecule has 0 aliphatic heterocycles. The molecule has 3 aromatic rings. The van der Waals surface area contributed by atoms with Gasteiger partial charge < -0.3 is 20.5 Å². The SMILES string of the molecule is CC(CCc1ccco1)Nc1nc2ccc(N)cc2[nH]1. The van der Waals surface area contributed by atoms with Crippen molar-refractivity contribution < 1.29 is 4.42 Å². The normalized spacial score (nSPS) is 12.7. The monoisotopic (exact) mass is 270 g/mol. The molecule has 1 unspecified atom stereocenters. The van der Waals surface area contributed by atoms with Gasteiger partial charge in [0.15, 0.2) is 0 Å². The zero-order valence-electron chi connectivity index (χ0n) is 11.4. The van der Waals surface area contributed by atoms with Crippen LogP contribution in [0.5, 0.6) is 0 Å². The van der Waals surface area contributed by atoms with Gasteiger partial charge in [-0.05, 0) is 43.7 Å². The van der Waals surface area contributed by atoms with E-state index in [9.17, 15) is 0 Å². The zero-order chi connectivity index (χ0) is 13.9. The van der Waals surface area contributed by atoms with Crippen LogP contribution >= 0.6 is 0 Å². The largest absolute Gasteiger partial charge is 0.469 e. The van der Waals surface area contributed by atoms with Crippen molar-refractivity contribution in [1.29, 1.82) is 0 Å². The molecule has 0 aliphatic carbocycles. The van der Waals surface area contributed by atoms with Gasteiger partial charge in [-0.15, -0.1) is 0 Å². The number of nitrogens with one attached hydrogen (secondary N) is 2. The first-order valence-corrected chi connectivity index (χ1v) is 6.75. The van der Waals surface area contributed by atoms with Crippen LogP contribution in [0.2, 0.25) is 0 Å². The quantitative estimate of drug-likeness (QED) is 0.622. The summed E-state index contributed by atoms with van der Waals surface area (Å²) in [6.45, 7) is 2.13. The number of aromatic nitrogens is 2. The molecule has 1 atom stereocenters. The summed E-state index contributed by atoms with van der Waals surface area (Å²) < 4.78 is 5.33. The molecule has 2 heterocycles. The smallest absolute Gasteiger partial charge is 0.201 e. The summed E-state index contributed by atoms with van der Waals surface area (Å²) >= 11 is 0. The minimum atomic E-state index is 0.304. The molecule has 5 heteroatoms. The predicted octanol–water partition coefficient (Wildman–Crippen LogP) is 3.17. The summed E-state index contributed by atoms with van der Waals surface area (Å²) in [5.41, 5.74) is 8.36. The third-order valence-electron chi connectivity index (χ3n) is 3.29. The minimum Gasteiger partial charge on any atom is -0.469 e. The number of nitrogens with two attached hydrogens (primary N) is 1. The first-order chi connectivity index (χ1) is 9.70. The number of furan rings is 1. The maximum absolute atomic E-state index is 5.76. The van der Waals surface area contributed by atoms with Gasteiger partial charge in [0.1, 0.15) is 5.76 Å². The lowest BCUT2D eigenvalue weighted by Gasteiger charge is -2.11. The van der Waals surface area contributed by atoms with Gasteiger partial charge in [-0.2, -0.15) is 0 Å². The number of fused-ring (bicyclic) bond motifs is 1. The van der Waals surface area contributed by atoms with E-state index >= 15 is 0 Å². The standard InChI is InChI=1S/C15H18N4O/c1-10(4-6-12-3-2-8-20-12)17-15-18-13-7-5-11(16)9-14(13)19-15/h2-3,5,7-10H,4,6,16H2,1H3,(H2,17,18,19). The van der Waals surface area contributed by atoms with Crippen molar-refractivity contribution in [3.8, 4) is 0 Å². The second-order valence-electron chi connectivity index (χ2n) is 5.03. The molecule has 20 heavy (non-hydrogen) atoms. The number of imidazole rings is 1. The lowest BCUT2D eigenvalue weighted by atomic mass is 10.1. The Morgan fingerprint density at radius 1 is 1.40 bits per heavy atom. The lowest BCUT2D eigenvalue weighted by Crippen LogP contribution is -2.16. The average molecular weight is 270 g/mol. The van der Waals surface area contributed by atoms with E-state index in [4.69, 9.17) is 10.2 Å². The molecule has 0 saturated carbocycles. The summed E-state index contributed by atoms with van der Waals surface area (Å²) in [6.07, 6.45) is 3.60. The Balaban J connectivity index is 1.63. The van der Waals surface area contributed by atoms with Crippen molar-refractivity contribution in [2.45, 2.75) is 25.8 Å². The molecule has 0 fully saturated rings. The Morgan fingerprint density at radius 3 is 3.10 bits per heavy atom. The Hall–Kier alpha value is -2.43. The van der Waals surface area contributed by atoms with Crippen LogP contribution in [0.4, 0.5) is 11.6 Å². The molecule has 0 radical (unpaired) electrons. The van der Waals surface area contributed by atoms with Crippen LogP contribution in [0.3, 0.4) is 0 Å². The average Bonchev–Trinajstić information content (AvgIpc) is 3.04. The van der Waals surface area contributed by atoms with Crippen LogP contribution in [-0.2, 0) is 6.42 Å². The fraction of sp³-hybridized carbons (Fsp3) is 0.267. The van der Waals surface area contributed by atoms with Gasteiger partial charge in [0.25, 0.3) is 0 Å². The summed E-state index contributed by atoms with van der Waals surface area (Å²) in [5, 5.41) is 3.36. The molecule has 0 amide bonds. The van der Waals surface area contributed by atoms with Crippen molar-refractivity contribution in [2.24, 2.45) is 0 Å². The Labute approximate surface area is 117 Å². The second-order valence-corrected chi connectivity index (χ2v) is 5.03. The molecule has 5 nitrogen and oxygen atoms in total. The zero-order valence-corrected chi connectivity index (χ0v) is 11.4. The molecule has 0 aliphatic rings. The Morgan fingerprint density at radius 2 is 2.30 bits per heavy atom. The highest BCUT2D eigenvalue weighted by molar-refractivity contribution is 5.80. The second kappa shape index (κ2) is 5.28. The number of aromatic amines is 1. The number of anilines is 2. The Kier molecular flexibility index (Phi) is 3.33. The maximum atomic E-state index is 5.76. The van der Waals surface area contributed by atoms with Crippen LogP contribution < -0.4 is 11.1 Å². The molecular weight excluding hydrogens is 252 g/mol. The molecule has 0 saturated heterocycles. The number of benzene rings is 1. The molecule has 3 rings (SSSR count). The number of nitrogens with zero attached hydrogens (tertiary/aromatic N) is 1. The molecule has 1 aromatic carbocycles. The van der Waals surface area contributed by atoms with Gasteiger partial charge >= 0.3 is 0 Å². The molecule has 104 valence electrons. The third kappa shape index (κ3) is 2.77. The van der Waals surface area contributed by atoms with E-state index < -0.39 is 0 Å². The molecule has 0 bridgehead atoms. The van der Waals surface area contributed by atoms with Crippen molar-refractivity contribution >= 4 is 22.7 Å². The number of aryl methyl sites for hydroxylation is 1. The van der Waals surface area contributed by atoms with Crippen LogP contribution in [0.15, 0.2) is 41.0 Å². The van der Waals surface area contributed by atoms with E-state index in [0.717, 1.165) is 41.3 Å². The highest BCUT2D eigenvalue weighted by Gasteiger charge is 2.08. The summed E-state index contributed by atoms with van der Waals surface area (Å²) in [7, 11) is 0. The van der Waals surface area contributed by atoms with Crippen LogP contribution in [-0.4, -0.2) is 16.0 Å². The van der Waals surface area contributed by atoms with Gasteiger partial charge in [-0.3, -0.25) is 0 Å². The number of nitrogen functional groups attached to an aromatic ring is 1. The van der Waals surface area contributed by atoms with E-state index in [2.05, 4.69) is 22.2 Å². The van der Waals surface area contributed by atoms with Crippen molar-refractivity contribution in [2.75, 3.05) is 11.1 Å². The number of hydrogen-bond acceptors (Lipinski definition) is 4. The van der Waals surface area contributed by atoms with E-state index in [1.54, 1.807) is 6.26 Å². The first kappa shape index (κ1) is 12.6. The fourth-order valence-electron chi connectivity index (χ4n) is 2.21. The van der Waals surface area contributed by atoms with E-state index in [1.165, 1.54) is 0 Å².